The number of aryl methyl sites for hydroxylation is 1. The van der Waals surface area contributed by atoms with Gasteiger partial charge in [-0.25, -0.2) is 9.67 Å². The lowest BCUT2D eigenvalue weighted by molar-refractivity contribution is -0.124. The molecule has 1 aromatic rings. The number of carbonyl (C=O) groups excluding carboxylic acids is 1. The maximum atomic E-state index is 12.0. The highest BCUT2D eigenvalue weighted by Gasteiger charge is 2.27. The van der Waals surface area contributed by atoms with Crippen LogP contribution in [0.2, 0.25) is 0 Å². The molecule has 0 bridgehead atoms. The predicted molar refractivity (Wildman–Crippen MR) is 74.1 cm³/mol. The molecular weight excluding hydrogens is 258 g/mol. The van der Waals surface area contributed by atoms with Gasteiger partial charge in [0.15, 0.2) is 5.82 Å². The maximum absolute atomic E-state index is 12.0. The van der Waals surface area contributed by atoms with Crippen LogP contribution in [0.3, 0.4) is 0 Å². The molecule has 1 aliphatic heterocycles. The molecule has 0 saturated carbocycles. The standard InChI is InChI=1S/C13H23N5O2/c1-8(2)11-16-12-10(5-4-6-18(12)17-11)15-13(19)9(14)7-20-3/h8-10H,4-7,14H2,1-3H3,(H,15,19). The Hall–Kier alpha value is -1.47. The highest BCUT2D eigenvalue weighted by Crippen LogP contribution is 2.24. The molecular formula is C13H23N5O2. The van der Waals surface area contributed by atoms with Crippen molar-refractivity contribution in [2.75, 3.05) is 13.7 Å². The fraction of sp³-hybridized carbons (Fsp3) is 0.769. The van der Waals surface area contributed by atoms with Crippen LogP contribution in [0.15, 0.2) is 0 Å². The molecule has 112 valence electrons. The number of hydrogen-bond acceptors (Lipinski definition) is 5. The van der Waals surface area contributed by atoms with Crippen LogP contribution in [0.4, 0.5) is 0 Å². The van der Waals surface area contributed by atoms with E-state index in [0.29, 0.717) is 0 Å². The van der Waals surface area contributed by atoms with Crippen molar-refractivity contribution in [3.05, 3.63) is 11.6 Å². The molecule has 0 radical (unpaired) electrons. The van der Waals surface area contributed by atoms with E-state index in [1.54, 1.807) is 0 Å². The second kappa shape index (κ2) is 6.32. The van der Waals surface area contributed by atoms with Crippen molar-refractivity contribution in [3.8, 4) is 0 Å². The minimum absolute atomic E-state index is 0.112. The van der Waals surface area contributed by atoms with E-state index in [9.17, 15) is 4.79 Å². The van der Waals surface area contributed by atoms with Crippen LogP contribution >= 0.6 is 0 Å². The molecule has 0 fully saturated rings. The Labute approximate surface area is 118 Å². The van der Waals surface area contributed by atoms with E-state index in [-0.39, 0.29) is 24.5 Å². The highest BCUT2D eigenvalue weighted by molar-refractivity contribution is 5.81. The smallest absolute Gasteiger partial charge is 0.239 e. The summed E-state index contributed by atoms with van der Waals surface area (Å²) < 4.78 is 6.79. The Morgan fingerprint density at radius 3 is 3.00 bits per heavy atom. The number of nitrogens with two attached hydrogens (primary N) is 1. The number of methoxy groups -OCH3 is 1. The number of nitrogens with one attached hydrogen (secondary N) is 1. The van der Waals surface area contributed by atoms with E-state index < -0.39 is 6.04 Å². The number of amides is 1. The molecule has 20 heavy (non-hydrogen) atoms. The zero-order valence-electron chi connectivity index (χ0n) is 12.3. The summed E-state index contributed by atoms with van der Waals surface area (Å²) >= 11 is 0. The fourth-order valence-corrected chi connectivity index (χ4v) is 2.28. The van der Waals surface area contributed by atoms with Crippen LogP contribution in [0.25, 0.3) is 0 Å². The van der Waals surface area contributed by atoms with Crippen LogP contribution in [0.5, 0.6) is 0 Å². The Kier molecular flexibility index (Phi) is 4.72. The molecule has 0 spiro atoms. The first kappa shape index (κ1) is 14.9. The third-order valence-corrected chi connectivity index (χ3v) is 3.41. The number of aromatic nitrogens is 3. The van der Waals surface area contributed by atoms with E-state index >= 15 is 0 Å². The van der Waals surface area contributed by atoms with Gasteiger partial charge in [-0.15, -0.1) is 0 Å². The van der Waals surface area contributed by atoms with Crippen molar-refractivity contribution < 1.29 is 9.53 Å². The lowest BCUT2D eigenvalue weighted by Gasteiger charge is -2.24. The van der Waals surface area contributed by atoms with Crippen molar-refractivity contribution in [2.24, 2.45) is 5.73 Å². The summed E-state index contributed by atoms with van der Waals surface area (Å²) in [5.74, 6) is 1.72. The topological polar surface area (TPSA) is 95.1 Å². The van der Waals surface area contributed by atoms with Gasteiger partial charge in [-0.05, 0) is 12.8 Å². The molecule has 7 nitrogen and oxygen atoms in total. The van der Waals surface area contributed by atoms with Gasteiger partial charge in [-0.2, -0.15) is 5.10 Å². The zero-order valence-corrected chi connectivity index (χ0v) is 12.3. The molecule has 1 amide bonds. The summed E-state index contributed by atoms with van der Waals surface area (Å²) in [6.07, 6.45) is 1.83. The summed E-state index contributed by atoms with van der Waals surface area (Å²) in [5.41, 5.74) is 5.74. The Balaban J connectivity index is 2.10. The van der Waals surface area contributed by atoms with E-state index in [1.165, 1.54) is 7.11 Å². The first-order chi connectivity index (χ1) is 9.52. The van der Waals surface area contributed by atoms with Crippen LogP contribution in [0.1, 0.15) is 50.3 Å². The van der Waals surface area contributed by atoms with Crippen molar-refractivity contribution in [1.82, 2.24) is 20.1 Å². The van der Waals surface area contributed by atoms with E-state index in [2.05, 4.69) is 29.2 Å². The zero-order chi connectivity index (χ0) is 14.7. The van der Waals surface area contributed by atoms with Gasteiger partial charge in [-0.3, -0.25) is 4.79 Å². The molecule has 1 aliphatic rings. The normalized spacial score (nSPS) is 19.8. The molecule has 2 unspecified atom stereocenters. The number of carbonyl (C=O) groups is 1. The average Bonchev–Trinajstić information content (AvgIpc) is 2.84. The van der Waals surface area contributed by atoms with Gasteiger partial charge >= 0.3 is 0 Å². The van der Waals surface area contributed by atoms with E-state index in [4.69, 9.17) is 10.5 Å². The van der Waals surface area contributed by atoms with Crippen molar-refractivity contribution in [2.45, 2.75) is 51.2 Å². The second-order valence-corrected chi connectivity index (χ2v) is 5.47. The summed E-state index contributed by atoms with van der Waals surface area (Å²) in [7, 11) is 1.53. The first-order valence-corrected chi connectivity index (χ1v) is 7.02. The van der Waals surface area contributed by atoms with E-state index in [0.717, 1.165) is 31.0 Å². The van der Waals surface area contributed by atoms with Gasteiger partial charge in [0.25, 0.3) is 0 Å². The molecule has 2 rings (SSSR count). The van der Waals surface area contributed by atoms with Crippen molar-refractivity contribution in [1.29, 1.82) is 0 Å². The largest absolute Gasteiger partial charge is 0.383 e. The summed E-state index contributed by atoms with van der Waals surface area (Å²) in [6.45, 7) is 5.18. The number of ether oxygens (including phenoxy) is 1. The lowest BCUT2D eigenvalue weighted by Crippen LogP contribution is -2.45. The van der Waals surface area contributed by atoms with E-state index in [1.807, 2.05) is 4.68 Å². The predicted octanol–water partition coefficient (Wildman–Crippen LogP) is 0.326. The van der Waals surface area contributed by atoms with Crippen LogP contribution in [0, 0.1) is 0 Å². The van der Waals surface area contributed by atoms with Crippen molar-refractivity contribution >= 4 is 5.91 Å². The molecule has 3 N–H and O–H groups in total. The summed E-state index contributed by atoms with van der Waals surface area (Å²) in [5, 5.41) is 7.43. The Bertz CT molecular complexity index is 471. The van der Waals surface area contributed by atoms with Gasteiger partial charge in [-0.1, -0.05) is 13.8 Å². The lowest BCUT2D eigenvalue weighted by atomic mass is 10.1. The SMILES string of the molecule is COCC(N)C(=O)NC1CCCn2nc(C(C)C)nc21. The molecule has 0 aromatic carbocycles. The van der Waals surface area contributed by atoms with Gasteiger partial charge in [0.1, 0.15) is 11.9 Å². The number of nitrogens with zero attached hydrogens (tertiary/aromatic N) is 3. The Morgan fingerprint density at radius 2 is 2.35 bits per heavy atom. The molecule has 0 aliphatic carbocycles. The molecule has 7 heteroatoms. The second-order valence-electron chi connectivity index (χ2n) is 5.47. The quantitative estimate of drug-likeness (QED) is 0.811. The monoisotopic (exact) mass is 281 g/mol. The van der Waals surface area contributed by atoms with Gasteiger partial charge < -0.3 is 15.8 Å². The van der Waals surface area contributed by atoms with Crippen LogP contribution < -0.4 is 11.1 Å². The molecule has 2 heterocycles. The number of rotatable bonds is 5. The fourth-order valence-electron chi connectivity index (χ4n) is 2.28. The number of fused-ring (bicyclic) bond motifs is 1. The van der Waals surface area contributed by atoms with Crippen LogP contribution in [-0.2, 0) is 16.1 Å². The third kappa shape index (κ3) is 3.16. The minimum Gasteiger partial charge on any atom is -0.383 e. The molecule has 1 aromatic heterocycles. The Morgan fingerprint density at radius 1 is 1.60 bits per heavy atom. The summed E-state index contributed by atoms with van der Waals surface area (Å²) in [6, 6.07) is -0.762. The summed E-state index contributed by atoms with van der Waals surface area (Å²) in [4.78, 5) is 16.5. The minimum atomic E-state index is -0.650. The van der Waals surface area contributed by atoms with Gasteiger partial charge in [0, 0.05) is 19.6 Å². The van der Waals surface area contributed by atoms with Crippen molar-refractivity contribution in [3.63, 3.8) is 0 Å². The highest BCUT2D eigenvalue weighted by atomic mass is 16.5. The molecule has 2 atom stereocenters. The third-order valence-electron chi connectivity index (χ3n) is 3.41. The number of hydrogen-bond donors (Lipinski definition) is 2. The average molecular weight is 281 g/mol. The van der Waals surface area contributed by atoms with Gasteiger partial charge in [0.2, 0.25) is 5.91 Å². The van der Waals surface area contributed by atoms with Crippen LogP contribution in [-0.4, -0.2) is 40.4 Å². The maximum Gasteiger partial charge on any atom is 0.239 e. The molecule has 0 saturated heterocycles. The first-order valence-electron chi connectivity index (χ1n) is 7.02. The van der Waals surface area contributed by atoms with Gasteiger partial charge in [0.05, 0.1) is 12.6 Å².